The molecule has 2 heterocycles. The summed E-state index contributed by atoms with van der Waals surface area (Å²) in [6, 6.07) is 78.4. The van der Waals surface area contributed by atoms with Crippen molar-refractivity contribution in [2.24, 2.45) is 0 Å². The topological polar surface area (TPSA) is 9.86 Å². The molecule has 0 unspecified atom stereocenters. The highest BCUT2D eigenvalue weighted by molar-refractivity contribution is 6.19. The van der Waals surface area contributed by atoms with E-state index in [9.17, 15) is 0 Å². The zero-order valence-corrected chi connectivity index (χ0v) is 36.0. The minimum absolute atomic E-state index is 1.13. The van der Waals surface area contributed by atoms with Crippen LogP contribution in [0.15, 0.2) is 231 Å². The summed E-state index contributed by atoms with van der Waals surface area (Å²) >= 11 is 0. The fourth-order valence-electron chi connectivity index (χ4n) is 10.8. The number of allylic oxidation sites excluding steroid dienone is 2. The fourth-order valence-corrected chi connectivity index (χ4v) is 10.8. The number of fused-ring (bicyclic) bond motifs is 11. The molecule has 0 saturated carbocycles. The fraction of sp³-hybridized carbons (Fsp3) is 0.0159. The van der Waals surface area contributed by atoms with Crippen molar-refractivity contribution in [2.45, 2.75) is 6.92 Å². The van der Waals surface area contributed by atoms with Gasteiger partial charge < -0.3 is 9.13 Å². The number of aryl methyl sites for hydroxylation is 1. The number of rotatable bonds is 6. The Bertz CT molecular complexity index is 3950. The Labute approximate surface area is 377 Å². The van der Waals surface area contributed by atoms with Crippen molar-refractivity contribution in [1.82, 2.24) is 9.13 Å². The average Bonchev–Trinajstić information content (AvgIpc) is 4.00. The van der Waals surface area contributed by atoms with Crippen molar-refractivity contribution in [1.29, 1.82) is 0 Å². The summed E-state index contributed by atoms with van der Waals surface area (Å²) in [5.41, 5.74) is 21.9. The molecule has 2 aromatic heterocycles. The van der Waals surface area contributed by atoms with Gasteiger partial charge in [-0.05, 0) is 134 Å². The van der Waals surface area contributed by atoms with Crippen molar-refractivity contribution in [2.75, 3.05) is 0 Å². The van der Waals surface area contributed by atoms with Gasteiger partial charge in [-0.3, -0.25) is 0 Å². The summed E-state index contributed by atoms with van der Waals surface area (Å²) in [6.07, 6.45) is 4.07. The molecule has 0 saturated heterocycles. The Morgan fingerprint density at radius 1 is 0.369 bits per heavy atom. The van der Waals surface area contributed by atoms with Gasteiger partial charge in [0.05, 0.1) is 22.1 Å². The highest BCUT2D eigenvalue weighted by Crippen LogP contribution is 2.47. The van der Waals surface area contributed by atoms with E-state index in [1.807, 2.05) is 6.08 Å². The second-order valence-corrected chi connectivity index (χ2v) is 17.4. The zero-order valence-electron chi connectivity index (χ0n) is 36.0. The van der Waals surface area contributed by atoms with Crippen molar-refractivity contribution >= 4 is 60.0 Å². The minimum Gasteiger partial charge on any atom is -0.309 e. The summed E-state index contributed by atoms with van der Waals surface area (Å²) in [5, 5.41) is 7.48. The molecule has 2 heteroatoms. The number of hydrogen-bond donors (Lipinski definition) is 0. The molecule has 13 rings (SSSR count). The third-order valence-corrected chi connectivity index (χ3v) is 13.8. The van der Waals surface area contributed by atoms with Crippen molar-refractivity contribution in [3.05, 3.63) is 248 Å². The predicted octanol–water partition coefficient (Wildman–Crippen LogP) is 16.9. The van der Waals surface area contributed by atoms with Crippen LogP contribution in [-0.2, 0) is 0 Å². The molecule has 12 aromatic rings. The monoisotopic (exact) mass is 826 g/mol. The normalized spacial score (nSPS) is 12.8. The molecule has 1 aliphatic carbocycles. The van der Waals surface area contributed by atoms with Gasteiger partial charge in [-0.15, -0.1) is 0 Å². The molecule has 0 aliphatic heterocycles. The maximum absolute atomic E-state index is 4.06. The molecule has 0 amide bonds. The van der Waals surface area contributed by atoms with Gasteiger partial charge in [0.1, 0.15) is 0 Å². The number of nitrogens with zero attached hydrogens (tertiary/aromatic N) is 2. The number of hydrogen-bond acceptors (Lipinski definition) is 0. The second kappa shape index (κ2) is 14.6. The number of aromatic nitrogens is 2. The lowest BCUT2D eigenvalue weighted by Gasteiger charge is -2.13. The van der Waals surface area contributed by atoms with Gasteiger partial charge in [0, 0.05) is 38.3 Å². The van der Waals surface area contributed by atoms with Crippen LogP contribution in [0.3, 0.4) is 0 Å². The second-order valence-electron chi connectivity index (χ2n) is 17.4. The van der Waals surface area contributed by atoms with Crippen molar-refractivity contribution in [3.8, 4) is 55.9 Å². The molecule has 0 fully saturated rings. The minimum atomic E-state index is 1.13. The Hall–Kier alpha value is -8.46. The lowest BCUT2D eigenvalue weighted by molar-refractivity contribution is 1.18. The van der Waals surface area contributed by atoms with Crippen LogP contribution in [0, 0.1) is 6.92 Å². The van der Waals surface area contributed by atoms with Crippen LogP contribution in [0.25, 0.3) is 116 Å². The molecule has 10 aromatic carbocycles. The van der Waals surface area contributed by atoms with Crippen LogP contribution in [-0.4, -0.2) is 9.13 Å². The van der Waals surface area contributed by atoms with E-state index in [1.54, 1.807) is 0 Å². The zero-order chi connectivity index (χ0) is 43.2. The lowest BCUT2D eigenvalue weighted by Crippen LogP contribution is -1.95. The molecule has 0 radical (unpaired) electrons. The molecular formula is C63H42N2. The third kappa shape index (κ3) is 5.74. The summed E-state index contributed by atoms with van der Waals surface area (Å²) in [5.74, 6) is 0. The maximum atomic E-state index is 4.06. The van der Waals surface area contributed by atoms with Gasteiger partial charge in [0.2, 0.25) is 0 Å². The SMILES string of the molecule is C=C/C=C1/c2cc(-c3cccc(-c4ccc(-n5c6cc(-c7ccc8c9ccccc9n(-c9ccccc9)c8c7)ccc6c6ccc7ccccc7c65)cc4)c3)ccc2-c2cccc(C)c21. The summed E-state index contributed by atoms with van der Waals surface area (Å²) in [4.78, 5) is 0. The predicted molar refractivity (Wildman–Crippen MR) is 276 cm³/mol. The lowest BCUT2D eigenvalue weighted by atomic mass is 9.95. The van der Waals surface area contributed by atoms with Crippen LogP contribution in [0.1, 0.15) is 16.7 Å². The van der Waals surface area contributed by atoms with Crippen LogP contribution >= 0.6 is 0 Å². The summed E-state index contributed by atoms with van der Waals surface area (Å²) < 4.78 is 4.88. The van der Waals surface area contributed by atoms with Crippen LogP contribution in [0.4, 0.5) is 0 Å². The third-order valence-electron chi connectivity index (χ3n) is 13.8. The Morgan fingerprint density at radius 3 is 1.75 bits per heavy atom. The first-order valence-corrected chi connectivity index (χ1v) is 22.4. The van der Waals surface area contributed by atoms with E-state index < -0.39 is 0 Å². The van der Waals surface area contributed by atoms with Crippen molar-refractivity contribution in [3.63, 3.8) is 0 Å². The largest absolute Gasteiger partial charge is 0.309 e. The summed E-state index contributed by atoms with van der Waals surface area (Å²) in [6.45, 7) is 6.26. The maximum Gasteiger partial charge on any atom is 0.0619 e. The van der Waals surface area contributed by atoms with E-state index in [1.165, 1.54) is 121 Å². The quantitative estimate of drug-likeness (QED) is 0.158. The van der Waals surface area contributed by atoms with Gasteiger partial charge in [-0.1, -0.05) is 176 Å². The van der Waals surface area contributed by atoms with E-state index in [2.05, 4.69) is 241 Å². The first-order valence-electron chi connectivity index (χ1n) is 22.4. The Balaban J connectivity index is 0.927. The molecule has 0 spiro atoms. The Kier molecular flexibility index (Phi) is 8.31. The van der Waals surface area contributed by atoms with E-state index >= 15 is 0 Å². The molecule has 0 bridgehead atoms. The highest BCUT2D eigenvalue weighted by Gasteiger charge is 2.25. The summed E-state index contributed by atoms with van der Waals surface area (Å²) in [7, 11) is 0. The van der Waals surface area contributed by atoms with Crippen LogP contribution in [0.2, 0.25) is 0 Å². The molecule has 2 nitrogen and oxygen atoms in total. The molecular weight excluding hydrogens is 785 g/mol. The van der Waals surface area contributed by atoms with Crippen LogP contribution in [0.5, 0.6) is 0 Å². The van der Waals surface area contributed by atoms with Crippen LogP contribution < -0.4 is 0 Å². The smallest absolute Gasteiger partial charge is 0.0619 e. The van der Waals surface area contributed by atoms with Gasteiger partial charge in [-0.25, -0.2) is 0 Å². The van der Waals surface area contributed by atoms with E-state index in [-0.39, 0.29) is 0 Å². The van der Waals surface area contributed by atoms with Crippen molar-refractivity contribution < 1.29 is 0 Å². The Morgan fingerprint density at radius 2 is 0.954 bits per heavy atom. The number of para-hydroxylation sites is 2. The van der Waals surface area contributed by atoms with Gasteiger partial charge in [0.25, 0.3) is 0 Å². The molecule has 0 N–H and O–H groups in total. The highest BCUT2D eigenvalue weighted by atomic mass is 15.0. The average molecular weight is 827 g/mol. The first-order chi connectivity index (χ1) is 32.1. The molecule has 1 aliphatic rings. The molecule has 65 heavy (non-hydrogen) atoms. The first kappa shape index (κ1) is 37.1. The van der Waals surface area contributed by atoms with E-state index in [0.29, 0.717) is 0 Å². The van der Waals surface area contributed by atoms with E-state index in [0.717, 1.165) is 11.4 Å². The van der Waals surface area contributed by atoms with Gasteiger partial charge >= 0.3 is 0 Å². The van der Waals surface area contributed by atoms with Gasteiger partial charge in [-0.2, -0.15) is 0 Å². The number of benzene rings is 10. The standard InChI is InChI=1S/C63H42N2/c1-3-13-55-58-37-45(27-32-51(58)56-22-11-14-40(2)62(55)56)44-17-12-16-43(36-44)41-24-30-49(31-25-41)65-61-39-47(29-34-54(61)57-35-26-42-15-7-8-20-50(42)63(57)65)46-28-33-53-52-21-9-10-23-59(52)64(60(53)38-46)48-18-5-4-6-19-48/h3-39H,1H2,2H3/b55-13-. The molecule has 304 valence electrons. The van der Waals surface area contributed by atoms with Gasteiger partial charge in [0.15, 0.2) is 0 Å². The molecule has 0 atom stereocenters. The van der Waals surface area contributed by atoms with E-state index in [4.69, 9.17) is 0 Å².